The van der Waals surface area contributed by atoms with Gasteiger partial charge in [0, 0.05) is 31.2 Å². The molecule has 0 unspecified atom stereocenters. The van der Waals surface area contributed by atoms with E-state index in [9.17, 15) is 0 Å². The smallest absolute Gasteiger partial charge is 0.100 e. The van der Waals surface area contributed by atoms with Gasteiger partial charge in [-0.15, -0.1) is 0 Å². The van der Waals surface area contributed by atoms with E-state index in [0.29, 0.717) is 0 Å². The highest BCUT2D eigenvalue weighted by Crippen LogP contribution is 2.19. The maximum atomic E-state index is 4.48. The Morgan fingerprint density at radius 3 is 2.69 bits per heavy atom. The molecule has 128 valence electrons. The van der Waals surface area contributed by atoms with Gasteiger partial charge in [0.1, 0.15) is 6.33 Å². The Morgan fingerprint density at radius 2 is 1.85 bits per heavy atom. The molecule has 4 nitrogen and oxygen atoms in total. The summed E-state index contributed by atoms with van der Waals surface area (Å²) in [4.78, 5) is 8.51. The first-order chi connectivity index (χ1) is 12.8. The number of fused-ring (bicyclic) bond motifs is 1. The first-order valence-electron chi connectivity index (χ1n) is 8.61. The third-order valence-electron chi connectivity index (χ3n) is 4.33. The van der Waals surface area contributed by atoms with Crippen molar-refractivity contribution < 1.29 is 0 Å². The molecule has 4 rings (SSSR count). The van der Waals surface area contributed by atoms with Gasteiger partial charge in [-0.1, -0.05) is 36.4 Å². The Morgan fingerprint density at radius 1 is 1.00 bits per heavy atom. The summed E-state index contributed by atoms with van der Waals surface area (Å²) < 4.78 is 2.12. The second-order valence-corrected chi connectivity index (χ2v) is 6.14. The average molecular weight is 340 g/mol. The van der Waals surface area contributed by atoms with Crippen LogP contribution in [0.1, 0.15) is 11.1 Å². The number of nitrogens with one attached hydrogen (secondary N) is 1. The predicted molar refractivity (Wildman–Crippen MR) is 108 cm³/mol. The van der Waals surface area contributed by atoms with Gasteiger partial charge < -0.3 is 5.32 Å². The lowest BCUT2D eigenvalue weighted by molar-refractivity contribution is 1.07. The first-order valence-corrected chi connectivity index (χ1v) is 8.61. The van der Waals surface area contributed by atoms with Crippen molar-refractivity contribution in [3.63, 3.8) is 0 Å². The molecule has 0 radical (unpaired) electrons. The second-order valence-electron chi connectivity index (χ2n) is 6.14. The molecule has 4 aromatic rings. The number of nitrogens with zero attached hydrogens (tertiary/aromatic N) is 3. The Kier molecular flexibility index (Phi) is 4.48. The van der Waals surface area contributed by atoms with Crippen molar-refractivity contribution >= 4 is 22.9 Å². The fourth-order valence-electron chi connectivity index (χ4n) is 3.02. The molecule has 0 aliphatic heterocycles. The van der Waals surface area contributed by atoms with Crippen LogP contribution in [0.15, 0.2) is 84.1 Å². The van der Waals surface area contributed by atoms with E-state index in [-0.39, 0.29) is 0 Å². The molecule has 3 aromatic carbocycles. The molecule has 1 heterocycles. The van der Waals surface area contributed by atoms with E-state index in [4.69, 9.17) is 0 Å². The molecule has 0 saturated carbocycles. The minimum atomic E-state index is 0.766. The fourth-order valence-corrected chi connectivity index (χ4v) is 3.02. The van der Waals surface area contributed by atoms with E-state index in [2.05, 4.69) is 74.5 Å². The number of imidazole rings is 1. The van der Waals surface area contributed by atoms with Crippen LogP contribution in [0.2, 0.25) is 0 Å². The zero-order valence-electron chi connectivity index (χ0n) is 14.6. The summed E-state index contributed by atoms with van der Waals surface area (Å²) in [5.41, 5.74) is 6.66. The predicted octanol–water partition coefficient (Wildman–Crippen LogP) is 4.69. The molecule has 0 saturated heterocycles. The Bertz CT molecular complexity index is 1050. The number of aliphatic imine (C=N–C) groups is 1. The summed E-state index contributed by atoms with van der Waals surface area (Å²) in [6.45, 7) is 0.766. The summed E-state index contributed by atoms with van der Waals surface area (Å²) >= 11 is 0. The van der Waals surface area contributed by atoms with Gasteiger partial charge in [-0.05, 0) is 47.5 Å². The van der Waals surface area contributed by atoms with Gasteiger partial charge in [-0.2, -0.15) is 0 Å². The minimum absolute atomic E-state index is 0.766. The van der Waals surface area contributed by atoms with Gasteiger partial charge in [0.15, 0.2) is 0 Å². The highest BCUT2D eigenvalue weighted by atomic mass is 15.0. The molecule has 1 aromatic heterocycles. The maximum Gasteiger partial charge on any atom is 0.100 e. The SMILES string of the molecule is C/N=C\c1ccc(NCc2cccc(-n3cnc4ccccc43)c2)cc1. The van der Waals surface area contributed by atoms with E-state index in [1.165, 1.54) is 5.56 Å². The maximum absolute atomic E-state index is 4.48. The normalized spacial score (nSPS) is 11.3. The second kappa shape index (κ2) is 7.23. The van der Waals surface area contributed by atoms with Crippen LogP contribution in [0.4, 0.5) is 5.69 Å². The standard InChI is InChI=1S/C22H20N4/c1-23-14-17-9-11-19(12-10-17)24-15-18-5-4-6-20(13-18)26-16-25-21-7-2-3-8-22(21)26/h2-14,16,24H,15H2,1H3/b23-14-. The van der Waals surface area contributed by atoms with E-state index in [0.717, 1.165) is 34.5 Å². The molecule has 0 bridgehead atoms. The van der Waals surface area contributed by atoms with E-state index >= 15 is 0 Å². The zero-order chi connectivity index (χ0) is 17.8. The van der Waals surface area contributed by atoms with Crippen LogP contribution in [0, 0.1) is 0 Å². The molecule has 0 aliphatic carbocycles. The van der Waals surface area contributed by atoms with Crippen LogP contribution in [0.5, 0.6) is 0 Å². The number of anilines is 1. The Balaban J connectivity index is 1.52. The molecule has 1 N–H and O–H groups in total. The lowest BCUT2D eigenvalue weighted by atomic mass is 10.1. The number of benzene rings is 3. The fraction of sp³-hybridized carbons (Fsp3) is 0.0909. The van der Waals surface area contributed by atoms with Crippen LogP contribution in [-0.2, 0) is 6.54 Å². The van der Waals surface area contributed by atoms with Crippen molar-refractivity contribution in [2.75, 3.05) is 12.4 Å². The van der Waals surface area contributed by atoms with Gasteiger partial charge in [-0.3, -0.25) is 9.56 Å². The van der Waals surface area contributed by atoms with Crippen molar-refractivity contribution in [1.82, 2.24) is 9.55 Å². The van der Waals surface area contributed by atoms with Crippen molar-refractivity contribution in [3.8, 4) is 5.69 Å². The zero-order valence-corrected chi connectivity index (χ0v) is 14.6. The van der Waals surface area contributed by atoms with Gasteiger partial charge in [-0.25, -0.2) is 4.98 Å². The van der Waals surface area contributed by atoms with Crippen LogP contribution in [-0.4, -0.2) is 22.8 Å². The third kappa shape index (κ3) is 3.35. The summed E-state index contributed by atoms with van der Waals surface area (Å²) in [6.07, 6.45) is 3.73. The summed E-state index contributed by atoms with van der Waals surface area (Å²) in [6, 6.07) is 25.0. The highest BCUT2D eigenvalue weighted by Gasteiger charge is 2.04. The van der Waals surface area contributed by atoms with Gasteiger partial charge in [0.2, 0.25) is 0 Å². The van der Waals surface area contributed by atoms with Crippen molar-refractivity contribution in [3.05, 3.63) is 90.3 Å². The Hall–Kier alpha value is -3.40. The summed E-state index contributed by atoms with van der Waals surface area (Å²) in [5.74, 6) is 0. The quantitative estimate of drug-likeness (QED) is 0.536. The average Bonchev–Trinajstić information content (AvgIpc) is 3.12. The van der Waals surface area contributed by atoms with Crippen LogP contribution in [0.25, 0.3) is 16.7 Å². The van der Waals surface area contributed by atoms with Gasteiger partial charge in [0.25, 0.3) is 0 Å². The van der Waals surface area contributed by atoms with Crippen molar-refractivity contribution in [1.29, 1.82) is 0 Å². The number of hydrogen-bond donors (Lipinski definition) is 1. The van der Waals surface area contributed by atoms with E-state index < -0.39 is 0 Å². The number of rotatable bonds is 5. The molecule has 0 amide bonds. The lowest BCUT2D eigenvalue weighted by Gasteiger charge is -2.10. The largest absolute Gasteiger partial charge is 0.381 e. The van der Waals surface area contributed by atoms with Crippen LogP contribution < -0.4 is 5.32 Å². The van der Waals surface area contributed by atoms with E-state index in [1.807, 2.05) is 30.7 Å². The number of hydrogen-bond acceptors (Lipinski definition) is 3. The molecular formula is C22H20N4. The molecular weight excluding hydrogens is 320 g/mol. The number of aromatic nitrogens is 2. The summed E-state index contributed by atoms with van der Waals surface area (Å²) in [7, 11) is 1.78. The monoisotopic (exact) mass is 340 g/mol. The lowest BCUT2D eigenvalue weighted by Crippen LogP contribution is -2.01. The highest BCUT2D eigenvalue weighted by molar-refractivity contribution is 5.80. The third-order valence-corrected chi connectivity index (χ3v) is 4.33. The van der Waals surface area contributed by atoms with Gasteiger partial charge in [0.05, 0.1) is 11.0 Å². The van der Waals surface area contributed by atoms with Crippen LogP contribution >= 0.6 is 0 Å². The molecule has 26 heavy (non-hydrogen) atoms. The van der Waals surface area contributed by atoms with Crippen LogP contribution in [0.3, 0.4) is 0 Å². The van der Waals surface area contributed by atoms with Crippen molar-refractivity contribution in [2.24, 2.45) is 4.99 Å². The van der Waals surface area contributed by atoms with E-state index in [1.54, 1.807) is 7.05 Å². The molecule has 0 atom stereocenters. The molecule has 0 aliphatic rings. The topological polar surface area (TPSA) is 42.2 Å². The number of para-hydroxylation sites is 2. The molecule has 0 fully saturated rings. The Labute approximate surface area is 152 Å². The minimum Gasteiger partial charge on any atom is -0.381 e. The molecule has 4 heteroatoms. The van der Waals surface area contributed by atoms with Gasteiger partial charge >= 0.3 is 0 Å². The summed E-state index contributed by atoms with van der Waals surface area (Å²) in [5, 5.41) is 3.47. The first kappa shape index (κ1) is 16.1. The molecule has 0 spiro atoms. The van der Waals surface area contributed by atoms with Crippen molar-refractivity contribution in [2.45, 2.75) is 6.54 Å².